The van der Waals surface area contributed by atoms with Crippen LogP contribution in [0, 0.1) is 5.82 Å². The molecular weight excluding hydrogens is 431 g/mol. The van der Waals surface area contributed by atoms with E-state index in [4.69, 9.17) is 16.3 Å². The van der Waals surface area contributed by atoms with Crippen LogP contribution in [0.3, 0.4) is 0 Å². The van der Waals surface area contributed by atoms with Crippen LogP contribution in [0.2, 0.25) is 5.02 Å². The summed E-state index contributed by atoms with van der Waals surface area (Å²) in [6, 6.07) is 10.2. The quantitative estimate of drug-likeness (QED) is 0.661. The maximum atomic E-state index is 13.5. The number of nitrogens with one attached hydrogen (secondary N) is 1. The average Bonchev–Trinajstić information content (AvgIpc) is 3.24. The van der Waals surface area contributed by atoms with Crippen LogP contribution >= 0.6 is 11.6 Å². The molecule has 6 nitrogen and oxygen atoms in total. The number of ether oxygens (including phenoxy) is 1. The Balaban J connectivity index is 1.79. The molecular formula is C21H24ClFN2O4S. The average molecular weight is 455 g/mol. The second-order valence-corrected chi connectivity index (χ2v) is 9.22. The summed E-state index contributed by atoms with van der Waals surface area (Å²) in [6.07, 6.45) is 1.53. The van der Waals surface area contributed by atoms with Crippen LogP contribution in [-0.2, 0) is 21.3 Å². The van der Waals surface area contributed by atoms with Crippen LogP contribution in [0.15, 0.2) is 47.4 Å². The summed E-state index contributed by atoms with van der Waals surface area (Å²) in [4.78, 5) is 14.3. The molecule has 0 radical (unpaired) electrons. The molecule has 0 saturated carbocycles. The lowest BCUT2D eigenvalue weighted by Gasteiger charge is -2.22. The van der Waals surface area contributed by atoms with Crippen LogP contribution < -0.4 is 4.72 Å². The summed E-state index contributed by atoms with van der Waals surface area (Å²) in [5.74, 6) is -0.748. The molecule has 1 N–H and O–H groups in total. The molecule has 0 aromatic heterocycles. The molecule has 30 heavy (non-hydrogen) atoms. The largest absolute Gasteiger partial charge is 0.377 e. The van der Waals surface area contributed by atoms with Gasteiger partial charge in [-0.05, 0) is 55.7 Å². The first-order valence-electron chi connectivity index (χ1n) is 9.74. The third-order valence-electron chi connectivity index (χ3n) is 4.92. The Morgan fingerprint density at radius 3 is 2.77 bits per heavy atom. The zero-order valence-electron chi connectivity index (χ0n) is 16.6. The highest BCUT2D eigenvalue weighted by Crippen LogP contribution is 2.24. The molecule has 9 heteroatoms. The van der Waals surface area contributed by atoms with Gasteiger partial charge in [-0.1, -0.05) is 23.7 Å². The first-order chi connectivity index (χ1) is 14.3. The predicted molar refractivity (Wildman–Crippen MR) is 112 cm³/mol. The number of benzene rings is 2. The minimum absolute atomic E-state index is 0.0274. The van der Waals surface area contributed by atoms with E-state index in [0.29, 0.717) is 18.7 Å². The van der Waals surface area contributed by atoms with E-state index in [2.05, 4.69) is 4.72 Å². The van der Waals surface area contributed by atoms with Gasteiger partial charge in [0.05, 0.1) is 11.1 Å². The van der Waals surface area contributed by atoms with Gasteiger partial charge in [0, 0.05) is 31.8 Å². The molecule has 3 rings (SSSR count). The number of hydrogen-bond acceptors (Lipinski definition) is 4. The van der Waals surface area contributed by atoms with Crippen LogP contribution in [0.1, 0.15) is 35.7 Å². The first kappa shape index (κ1) is 22.7. The van der Waals surface area contributed by atoms with Crippen LogP contribution in [-0.4, -0.2) is 45.0 Å². The van der Waals surface area contributed by atoms with Crippen molar-refractivity contribution in [3.8, 4) is 0 Å². The second-order valence-electron chi connectivity index (χ2n) is 7.08. The van der Waals surface area contributed by atoms with Gasteiger partial charge in [-0.2, -0.15) is 0 Å². The lowest BCUT2D eigenvalue weighted by molar-refractivity contribution is 0.0752. The molecule has 162 valence electrons. The Morgan fingerprint density at radius 2 is 2.10 bits per heavy atom. The Kier molecular flexibility index (Phi) is 7.46. The van der Waals surface area contributed by atoms with Crippen molar-refractivity contribution in [1.82, 2.24) is 9.62 Å². The fraction of sp³-hybridized carbons (Fsp3) is 0.381. The molecule has 1 fully saturated rings. The third-order valence-corrected chi connectivity index (χ3v) is 6.83. The Bertz CT molecular complexity index is 1010. The molecule has 1 aliphatic rings. The van der Waals surface area contributed by atoms with Crippen molar-refractivity contribution in [3.63, 3.8) is 0 Å². The molecule has 0 aliphatic carbocycles. The minimum Gasteiger partial charge on any atom is -0.377 e. The van der Waals surface area contributed by atoms with Crippen molar-refractivity contribution in [3.05, 3.63) is 64.4 Å². The topological polar surface area (TPSA) is 75.7 Å². The van der Waals surface area contributed by atoms with E-state index in [1.54, 1.807) is 19.1 Å². The summed E-state index contributed by atoms with van der Waals surface area (Å²) >= 11 is 6.12. The lowest BCUT2D eigenvalue weighted by atomic mass is 10.1. The fourth-order valence-electron chi connectivity index (χ4n) is 3.29. The smallest absolute Gasteiger partial charge is 0.254 e. The summed E-state index contributed by atoms with van der Waals surface area (Å²) in [5, 5.41) is 0.0274. The maximum absolute atomic E-state index is 13.5. The fourth-order valence-corrected chi connectivity index (χ4v) is 4.88. The molecule has 2 aromatic carbocycles. The maximum Gasteiger partial charge on any atom is 0.254 e. The van der Waals surface area contributed by atoms with Crippen molar-refractivity contribution in [1.29, 1.82) is 0 Å². The number of nitrogens with zero attached hydrogens (tertiary/aromatic N) is 1. The van der Waals surface area contributed by atoms with E-state index in [1.807, 2.05) is 0 Å². The minimum atomic E-state index is -3.91. The van der Waals surface area contributed by atoms with Crippen molar-refractivity contribution < 1.29 is 22.3 Å². The Morgan fingerprint density at radius 1 is 1.30 bits per heavy atom. The SMILES string of the molecule is CCN(Cc1cccc(F)c1)C(=O)c1ccc(Cl)c(S(=O)(=O)NCC2CCCO2)c1. The van der Waals surface area contributed by atoms with Gasteiger partial charge in [0.1, 0.15) is 10.7 Å². The predicted octanol–water partition coefficient (Wildman–Crippen LogP) is 3.60. The van der Waals surface area contributed by atoms with Crippen molar-refractivity contribution in [2.75, 3.05) is 19.7 Å². The van der Waals surface area contributed by atoms with E-state index >= 15 is 0 Å². The van der Waals surface area contributed by atoms with E-state index in [1.165, 1.54) is 35.2 Å². The van der Waals surface area contributed by atoms with Crippen molar-refractivity contribution in [2.45, 2.75) is 37.3 Å². The molecule has 1 unspecified atom stereocenters. The van der Waals surface area contributed by atoms with Gasteiger partial charge >= 0.3 is 0 Å². The molecule has 0 bridgehead atoms. The van der Waals surface area contributed by atoms with E-state index in [9.17, 15) is 17.6 Å². The van der Waals surface area contributed by atoms with Gasteiger partial charge in [-0.15, -0.1) is 0 Å². The number of carbonyl (C=O) groups is 1. The van der Waals surface area contributed by atoms with Crippen molar-refractivity contribution in [2.24, 2.45) is 0 Å². The molecule has 1 saturated heterocycles. The summed E-state index contributed by atoms with van der Waals surface area (Å²) in [5.41, 5.74) is 0.834. The number of hydrogen-bond donors (Lipinski definition) is 1. The van der Waals surface area contributed by atoms with Gasteiger partial charge < -0.3 is 9.64 Å². The molecule has 1 heterocycles. The monoisotopic (exact) mass is 454 g/mol. The zero-order valence-corrected chi connectivity index (χ0v) is 18.2. The summed E-state index contributed by atoms with van der Waals surface area (Å²) in [6.45, 7) is 3.15. The number of sulfonamides is 1. The van der Waals surface area contributed by atoms with Gasteiger partial charge in [-0.25, -0.2) is 17.5 Å². The van der Waals surface area contributed by atoms with E-state index in [0.717, 1.165) is 12.8 Å². The second kappa shape index (κ2) is 9.87. The third kappa shape index (κ3) is 5.57. The van der Waals surface area contributed by atoms with Gasteiger partial charge in [0.2, 0.25) is 10.0 Å². The highest BCUT2D eigenvalue weighted by Gasteiger charge is 2.24. The van der Waals surface area contributed by atoms with Gasteiger partial charge in [0.15, 0.2) is 0 Å². The Labute approximate surface area is 181 Å². The zero-order chi connectivity index (χ0) is 21.7. The summed E-state index contributed by atoms with van der Waals surface area (Å²) in [7, 11) is -3.91. The number of carbonyl (C=O) groups excluding carboxylic acids is 1. The first-order valence-corrected chi connectivity index (χ1v) is 11.6. The number of rotatable bonds is 8. The van der Waals surface area contributed by atoms with E-state index < -0.39 is 10.0 Å². The molecule has 1 amide bonds. The van der Waals surface area contributed by atoms with E-state index in [-0.39, 0.29) is 46.4 Å². The molecule has 1 aliphatic heterocycles. The van der Waals surface area contributed by atoms with Crippen LogP contribution in [0.25, 0.3) is 0 Å². The highest BCUT2D eigenvalue weighted by atomic mass is 35.5. The van der Waals surface area contributed by atoms with Crippen LogP contribution in [0.5, 0.6) is 0 Å². The lowest BCUT2D eigenvalue weighted by Crippen LogP contribution is -2.33. The Hall–Kier alpha value is -2.00. The van der Waals surface area contributed by atoms with Crippen molar-refractivity contribution >= 4 is 27.5 Å². The molecule has 2 aromatic rings. The standard InChI is InChI=1S/C21H24ClFN2O4S/c1-2-25(14-15-5-3-6-17(23)11-15)21(26)16-8-9-19(22)20(12-16)30(27,28)24-13-18-7-4-10-29-18/h3,5-6,8-9,11-12,18,24H,2,4,7,10,13-14H2,1H3. The summed E-state index contributed by atoms with van der Waals surface area (Å²) < 4.78 is 46.9. The number of amides is 1. The highest BCUT2D eigenvalue weighted by molar-refractivity contribution is 7.89. The normalized spacial score (nSPS) is 16.6. The van der Waals surface area contributed by atoms with Gasteiger partial charge in [-0.3, -0.25) is 4.79 Å². The molecule has 0 spiro atoms. The number of halogens is 2. The van der Waals surface area contributed by atoms with Gasteiger partial charge in [0.25, 0.3) is 5.91 Å². The molecule has 1 atom stereocenters. The van der Waals surface area contributed by atoms with Crippen LogP contribution in [0.4, 0.5) is 4.39 Å².